The molecule has 2 rings (SSSR count). The molecular formula is C13H3F24O4P. The topological polar surface area (TPSA) is 36.9 Å². The minimum absolute atomic E-state index is 1.90. The Morgan fingerprint density at radius 2 is 0.381 bits per heavy atom. The molecule has 2 aliphatic heterocycles. The Labute approximate surface area is 211 Å². The van der Waals surface area contributed by atoms with Gasteiger partial charge >= 0.3 is 209 Å². The van der Waals surface area contributed by atoms with Gasteiger partial charge in [0.15, 0.2) is 0 Å². The van der Waals surface area contributed by atoms with Gasteiger partial charge in [-0.15, -0.1) is 0 Å². The molecule has 29 heteroatoms. The maximum absolute atomic E-state index is 13.7. The van der Waals surface area contributed by atoms with Crippen molar-refractivity contribution in [1.29, 1.82) is 0 Å². The van der Waals surface area contributed by atoms with E-state index in [1.54, 1.807) is 0 Å². The predicted molar refractivity (Wildman–Crippen MR) is 76.5 cm³/mol. The van der Waals surface area contributed by atoms with E-state index >= 15 is 0 Å². The fraction of sp³-hybridized carbons (Fsp3) is 1.00. The van der Waals surface area contributed by atoms with Crippen molar-refractivity contribution in [3.05, 3.63) is 0 Å². The average molecular weight is 710 g/mol. The summed E-state index contributed by atoms with van der Waals surface area (Å²) >= 11 is 0. The van der Waals surface area contributed by atoms with E-state index in [9.17, 15) is 105 Å². The van der Waals surface area contributed by atoms with Gasteiger partial charge in [-0.1, -0.05) is 0 Å². The van der Waals surface area contributed by atoms with Gasteiger partial charge in [0.1, 0.15) is 0 Å². The third kappa shape index (κ3) is 4.01. The van der Waals surface area contributed by atoms with Crippen molar-refractivity contribution in [2.45, 2.75) is 71.8 Å². The number of hydrogen-bond donors (Lipinski definition) is 0. The molecule has 252 valence electrons. The molecule has 4 nitrogen and oxygen atoms in total. The van der Waals surface area contributed by atoms with E-state index in [-0.39, 0.29) is 0 Å². The van der Waals surface area contributed by atoms with Gasteiger partial charge in [0.05, 0.1) is 0 Å². The summed E-state index contributed by atoms with van der Waals surface area (Å²) in [6.07, 6.45) is -68.2. The Bertz CT molecular complexity index is 850. The molecule has 42 heavy (non-hydrogen) atoms. The summed E-state index contributed by atoms with van der Waals surface area (Å²) in [6, 6.07) is 0. The molecule has 0 aromatic heterocycles. The quantitative estimate of drug-likeness (QED) is 0.187. The van der Waals surface area contributed by atoms with E-state index in [4.69, 9.17) is 0 Å². The molecule has 0 atom stereocenters. The van der Waals surface area contributed by atoms with Crippen LogP contribution in [0.3, 0.4) is 0 Å². The number of halogens is 24. The zero-order chi connectivity index (χ0) is 34.3. The van der Waals surface area contributed by atoms with Crippen LogP contribution in [0.2, 0.25) is 0 Å². The Kier molecular flexibility index (Phi) is 7.22. The monoisotopic (exact) mass is 710 g/mol. The molecule has 0 unspecified atom stereocenters. The number of rotatable bonds is 0. The van der Waals surface area contributed by atoms with Crippen molar-refractivity contribution in [2.24, 2.45) is 0 Å². The normalized spacial score (nSPS) is 27.1. The zero-order valence-electron chi connectivity index (χ0n) is 18.2. The molecule has 0 aromatic carbocycles. The number of alkyl halides is 24. The standard InChI is InChI=1S/C13H3F24O4P/c1-42(38-2(6(14,15)16,7(17,18)19)3(39-42,8(20,21)22)9(23,24)25)40-4(10(26,27)28,11(29,30)31)5(41-42,12(32,33)34)13(35,36)37/h1H3. The van der Waals surface area contributed by atoms with E-state index in [1.165, 1.54) is 0 Å². The summed E-state index contributed by atoms with van der Waals surface area (Å²) < 4.78 is 338. The maximum atomic E-state index is 13.7. The van der Waals surface area contributed by atoms with E-state index in [0.717, 1.165) is 0 Å². The summed E-state index contributed by atoms with van der Waals surface area (Å²) in [6.45, 7) is -1.90. The van der Waals surface area contributed by atoms with Crippen LogP contribution in [0.15, 0.2) is 0 Å². The van der Waals surface area contributed by atoms with Gasteiger partial charge in [-0.2, -0.15) is 0 Å². The molecule has 2 fully saturated rings. The van der Waals surface area contributed by atoms with Crippen LogP contribution in [0.25, 0.3) is 0 Å². The minimum atomic E-state index is -10.2. The van der Waals surface area contributed by atoms with Gasteiger partial charge in [-0.25, -0.2) is 0 Å². The van der Waals surface area contributed by atoms with Gasteiger partial charge in [0.2, 0.25) is 0 Å². The molecule has 0 aliphatic carbocycles. The van der Waals surface area contributed by atoms with E-state index in [1.807, 2.05) is 0 Å². The number of hydrogen-bond acceptors (Lipinski definition) is 4. The van der Waals surface area contributed by atoms with Crippen LogP contribution < -0.4 is 0 Å². The predicted octanol–water partition coefficient (Wildman–Crippen LogP) is 8.38. The van der Waals surface area contributed by atoms with Gasteiger partial charge < -0.3 is 0 Å². The second-order valence-corrected chi connectivity index (χ2v) is 11.3. The van der Waals surface area contributed by atoms with Crippen molar-refractivity contribution in [3.63, 3.8) is 0 Å². The van der Waals surface area contributed by atoms with Crippen LogP contribution in [0.1, 0.15) is 0 Å². The van der Waals surface area contributed by atoms with Crippen molar-refractivity contribution in [1.82, 2.24) is 0 Å². The fourth-order valence-electron chi connectivity index (χ4n) is 4.24. The third-order valence-corrected chi connectivity index (χ3v) is 8.27. The summed E-state index contributed by atoms with van der Waals surface area (Å²) in [5.74, 6) is 0. The van der Waals surface area contributed by atoms with Gasteiger partial charge in [0, 0.05) is 0 Å². The first-order chi connectivity index (χ1) is 17.6. The Morgan fingerprint density at radius 3 is 0.452 bits per heavy atom. The first kappa shape index (κ1) is 36.8. The molecule has 1 spiro atoms. The van der Waals surface area contributed by atoms with Crippen LogP contribution in [0, 0.1) is 0 Å². The van der Waals surface area contributed by atoms with Crippen LogP contribution >= 0.6 is 7.51 Å². The van der Waals surface area contributed by atoms with Crippen molar-refractivity contribution in [2.75, 3.05) is 6.66 Å². The van der Waals surface area contributed by atoms with Crippen LogP contribution in [-0.4, -0.2) is 78.5 Å². The second kappa shape index (κ2) is 8.24. The van der Waals surface area contributed by atoms with Crippen molar-refractivity contribution in [3.8, 4) is 0 Å². The summed E-state index contributed by atoms with van der Waals surface area (Å²) in [5.41, 5.74) is -34.0. The third-order valence-electron chi connectivity index (χ3n) is 5.55. The molecule has 2 heterocycles. The van der Waals surface area contributed by atoms with Gasteiger partial charge in [-0.3, -0.25) is 0 Å². The second-order valence-electron chi connectivity index (χ2n) is 8.25. The van der Waals surface area contributed by atoms with E-state index in [0.29, 0.717) is 0 Å². The summed E-state index contributed by atoms with van der Waals surface area (Å²) in [5, 5.41) is 0. The Morgan fingerprint density at radius 1 is 0.286 bits per heavy atom. The molecule has 0 N–H and O–H groups in total. The van der Waals surface area contributed by atoms with Crippen LogP contribution in [-0.2, 0) is 18.1 Å². The Hall–Kier alpha value is -1.41. The molecule has 0 amide bonds. The molecule has 0 bridgehead atoms. The molecule has 0 radical (unpaired) electrons. The molecule has 2 saturated heterocycles. The van der Waals surface area contributed by atoms with Crippen LogP contribution in [0.5, 0.6) is 0 Å². The van der Waals surface area contributed by atoms with E-state index < -0.39 is 86.0 Å². The molecule has 2 aliphatic rings. The van der Waals surface area contributed by atoms with Crippen LogP contribution in [0.4, 0.5) is 105 Å². The molecule has 0 aromatic rings. The molecular weight excluding hydrogens is 707 g/mol. The summed E-state index contributed by atoms with van der Waals surface area (Å²) in [4.78, 5) is 0. The van der Waals surface area contributed by atoms with Crippen molar-refractivity contribution >= 4 is 7.51 Å². The molecule has 0 saturated carbocycles. The zero-order valence-corrected chi connectivity index (χ0v) is 19.0. The van der Waals surface area contributed by atoms with Gasteiger partial charge in [-0.05, 0) is 0 Å². The summed E-state index contributed by atoms with van der Waals surface area (Å²) in [7, 11) is -10.2. The fourth-order valence-corrected chi connectivity index (χ4v) is 8.24. The van der Waals surface area contributed by atoms with Crippen molar-refractivity contribution < 1.29 is 123 Å². The first-order valence-electron chi connectivity index (χ1n) is 9.03. The van der Waals surface area contributed by atoms with Gasteiger partial charge in [0.25, 0.3) is 0 Å². The SMILES string of the molecule is CP12(OC(C(F)(F)F)(C(F)(F)F)C(C(F)(F)F)(C(F)(F)F)O1)OC(C(F)(F)F)(C(F)(F)F)C(C(F)(F)F)(C(F)(F)F)O2. The first-order valence-corrected chi connectivity index (χ1v) is 11.4. The Balaban J connectivity index is 3.45. The van der Waals surface area contributed by atoms with E-state index in [2.05, 4.69) is 18.1 Å². The average Bonchev–Trinajstić information content (AvgIpc) is 3.06.